The molecule has 4 nitrogen and oxygen atoms in total. The zero-order valence-electron chi connectivity index (χ0n) is 11.7. The maximum atomic E-state index is 12.0. The van der Waals surface area contributed by atoms with Gasteiger partial charge in [0.05, 0.1) is 11.3 Å². The predicted octanol–water partition coefficient (Wildman–Crippen LogP) is 2.26. The number of aryl methyl sites for hydroxylation is 2. The number of ether oxygens (including phenoxy) is 1. The number of ketones is 1. The Labute approximate surface area is 113 Å². The number of amides is 1. The van der Waals surface area contributed by atoms with Crippen LogP contribution in [0.4, 0.5) is 5.69 Å². The normalized spacial score (nSPS) is 14.2. The molecule has 19 heavy (non-hydrogen) atoms. The number of carbonyl (C=O) groups is 2. The molecular weight excluding hydrogens is 242 g/mol. The molecule has 0 radical (unpaired) electrons. The van der Waals surface area contributed by atoms with Crippen LogP contribution < -0.4 is 4.90 Å². The van der Waals surface area contributed by atoms with Crippen LogP contribution in [0.25, 0.3) is 0 Å². The summed E-state index contributed by atoms with van der Waals surface area (Å²) in [5.74, 6) is -0.807. The molecule has 0 bridgehead atoms. The van der Waals surface area contributed by atoms with Crippen LogP contribution >= 0.6 is 0 Å². The molecule has 0 N–H and O–H groups in total. The van der Waals surface area contributed by atoms with Crippen LogP contribution in [-0.4, -0.2) is 31.4 Å². The van der Waals surface area contributed by atoms with E-state index in [2.05, 4.69) is 0 Å². The Balaban J connectivity index is 2.23. The third-order valence-electron chi connectivity index (χ3n) is 3.27. The van der Waals surface area contributed by atoms with E-state index in [4.69, 9.17) is 4.74 Å². The van der Waals surface area contributed by atoms with Crippen molar-refractivity contribution < 1.29 is 14.3 Å². The summed E-state index contributed by atoms with van der Waals surface area (Å²) in [6.45, 7) is 7.61. The molecular formula is C15H19NO3. The van der Waals surface area contributed by atoms with Crippen molar-refractivity contribution in [2.45, 2.75) is 27.2 Å². The van der Waals surface area contributed by atoms with Crippen molar-refractivity contribution in [2.24, 2.45) is 0 Å². The van der Waals surface area contributed by atoms with Crippen LogP contribution in [0, 0.1) is 13.8 Å². The highest BCUT2D eigenvalue weighted by Gasteiger charge is 2.36. The molecule has 1 amide bonds. The lowest BCUT2D eigenvalue weighted by molar-refractivity contribution is -0.114. The summed E-state index contributed by atoms with van der Waals surface area (Å²) in [4.78, 5) is 25.6. The number of rotatable bonds is 5. The fourth-order valence-corrected chi connectivity index (χ4v) is 2.51. The Morgan fingerprint density at radius 3 is 2.63 bits per heavy atom. The molecule has 2 rings (SSSR count). The van der Waals surface area contributed by atoms with Crippen LogP contribution in [-0.2, 0) is 9.53 Å². The second kappa shape index (κ2) is 5.53. The van der Waals surface area contributed by atoms with Crippen molar-refractivity contribution in [1.82, 2.24) is 0 Å². The summed E-state index contributed by atoms with van der Waals surface area (Å²) in [6.07, 6.45) is 0.736. The Bertz CT molecular complexity index is 522. The van der Waals surface area contributed by atoms with Crippen LogP contribution in [0.15, 0.2) is 12.1 Å². The zero-order valence-corrected chi connectivity index (χ0v) is 11.7. The third kappa shape index (κ3) is 2.54. The fourth-order valence-electron chi connectivity index (χ4n) is 2.51. The molecule has 0 spiro atoms. The SMILES string of the molecule is CCOCCCN1C(=O)C(=O)c2cc(C)cc(C)c21. The van der Waals surface area contributed by atoms with Gasteiger partial charge in [-0.15, -0.1) is 0 Å². The predicted molar refractivity (Wildman–Crippen MR) is 73.7 cm³/mol. The maximum absolute atomic E-state index is 12.0. The van der Waals surface area contributed by atoms with Crippen molar-refractivity contribution in [1.29, 1.82) is 0 Å². The molecule has 0 atom stereocenters. The molecule has 1 aliphatic rings. The maximum Gasteiger partial charge on any atom is 0.299 e. The molecule has 0 aliphatic carbocycles. The smallest absolute Gasteiger partial charge is 0.299 e. The quantitative estimate of drug-likeness (QED) is 0.603. The van der Waals surface area contributed by atoms with Gasteiger partial charge in [0.1, 0.15) is 0 Å². The third-order valence-corrected chi connectivity index (χ3v) is 3.27. The topological polar surface area (TPSA) is 46.6 Å². The van der Waals surface area contributed by atoms with Crippen molar-refractivity contribution in [3.05, 3.63) is 28.8 Å². The van der Waals surface area contributed by atoms with Gasteiger partial charge in [-0.1, -0.05) is 6.07 Å². The molecule has 4 heteroatoms. The van der Waals surface area contributed by atoms with Gasteiger partial charge in [-0.3, -0.25) is 9.59 Å². The first kappa shape index (κ1) is 13.7. The molecule has 0 aromatic heterocycles. The number of fused-ring (bicyclic) bond motifs is 1. The van der Waals surface area contributed by atoms with Crippen LogP contribution in [0.2, 0.25) is 0 Å². The van der Waals surface area contributed by atoms with E-state index in [1.807, 2.05) is 26.8 Å². The lowest BCUT2D eigenvalue weighted by Gasteiger charge is -2.18. The largest absolute Gasteiger partial charge is 0.382 e. The van der Waals surface area contributed by atoms with E-state index in [1.54, 1.807) is 11.0 Å². The lowest BCUT2D eigenvalue weighted by atomic mass is 10.0. The van der Waals surface area contributed by atoms with Gasteiger partial charge in [0, 0.05) is 19.8 Å². The molecule has 1 aliphatic heterocycles. The molecule has 0 unspecified atom stereocenters. The first-order valence-corrected chi connectivity index (χ1v) is 6.61. The summed E-state index contributed by atoms with van der Waals surface area (Å²) in [5, 5.41) is 0. The van der Waals surface area contributed by atoms with Gasteiger partial charge in [0.2, 0.25) is 0 Å². The van der Waals surface area contributed by atoms with E-state index in [1.165, 1.54) is 0 Å². The minimum atomic E-state index is -0.416. The second-order valence-corrected chi connectivity index (χ2v) is 4.81. The van der Waals surface area contributed by atoms with Crippen LogP contribution in [0.3, 0.4) is 0 Å². The van der Waals surface area contributed by atoms with Gasteiger partial charge in [-0.05, 0) is 44.4 Å². The van der Waals surface area contributed by atoms with E-state index in [0.717, 1.165) is 23.2 Å². The molecule has 0 fully saturated rings. The monoisotopic (exact) mass is 261 g/mol. The highest BCUT2D eigenvalue weighted by atomic mass is 16.5. The number of nitrogens with zero attached hydrogens (tertiary/aromatic N) is 1. The molecule has 1 aromatic carbocycles. The number of benzene rings is 1. The number of anilines is 1. The van der Waals surface area contributed by atoms with E-state index >= 15 is 0 Å². The summed E-state index contributed by atoms with van der Waals surface area (Å²) >= 11 is 0. The van der Waals surface area contributed by atoms with Gasteiger partial charge in [-0.25, -0.2) is 0 Å². The summed E-state index contributed by atoms with van der Waals surface area (Å²) in [7, 11) is 0. The summed E-state index contributed by atoms with van der Waals surface area (Å²) in [6, 6.07) is 3.80. The van der Waals surface area contributed by atoms with E-state index < -0.39 is 11.7 Å². The highest BCUT2D eigenvalue weighted by Crippen LogP contribution is 2.33. The average molecular weight is 261 g/mol. The standard InChI is InChI=1S/C15H19NO3/c1-4-19-7-5-6-16-13-11(3)8-10(2)9-12(13)14(17)15(16)18/h8-9H,4-7H2,1-3H3. The van der Waals surface area contributed by atoms with Crippen LogP contribution in [0.1, 0.15) is 34.8 Å². The van der Waals surface area contributed by atoms with Crippen molar-refractivity contribution in [2.75, 3.05) is 24.7 Å². The minimum Gasteiger partial charge on any atom is -0.382 e. The molecule has 1 aromatic rings. The lowest BCUT2D eigenvalue weighted by Crippen LogP contribution is -2.31. The Morgan fingerprint density at radius 2 is 1.95 bits per heavy atom. The van der Waals surface area contributed by atoms with Crippen molar-refractivity contribution in [3.8, 4) is 0 Å². The Hall–Kier alpha value is -1.68. The van der Waals surface area contributed by atoms with Gasteiger partial charge >= 0.3 is 0 Å². The van der Waals surface area contributed by atoms with E-state index in [0.29, 0.717) is 25.3 Å². The summed E-state index contributed by atoms with van der Waals surface area (Å²) in [5.41, 5.74) is 3.30. The van der Waals surface area contributed by atoms with Crippen molar-refractivity contribution in [3.63, 3.8) is 0 Å². The first-order valence-electron chi connectivity index (χ1n) is 6.61. The van der Waals surface area contributed by atoms with Crippen molar-refractivity contribution >= 4 is 17.4 Å². The average Bonchev–Trinajstić information content (AvgIpc) is 2.60. The van der Waals surface area contributed by atoms with Gasteiger partial charge in [-0.2, -0.15) is 0 Å². The van der Waals surface area contributed by atoms with Gasteiger partial charge in [0.15, 0.2) is 0 Å². The van der Waals surface area contributed by atoms with Gasteiger partial charge in [0.25, 0.3) is 11.7 Å². The summed E-state index contributed by atoms with van der Waals surface area (Å²) < 4.78 is 5.27. The number of hydrogen-bond donors (Lipinski definition) is 0. The van der Waals surface area contributed by atoms with E-state index in [9.17, 15) is 9.59 Å². The number of hydrogen-bond acceptors (Lipinski definition) is 3. The molecule has 0 saturated carbocycles. The Morgan fingerprint density at radius 1 is 1.21 bits per heavy atom. The van der Waals surface area contributed by atoms with Crippen LogP contribution in [0.5, 0.6) is 0 Å². The molecule has 102 valence electrons. The first-order chi connectivity index (χ1) is 9.06. The Kier molecular flexibility index (Phi) is 4.00. The molecule has 0 saturated heterocycles. The number of Topliss-reactive ketones (excluding diaryl/α,β-unsaturated/α-hetero) is 1. The van der Waals surface area contributed by atoms with Gasteiger partial charge < -0.3 is 9.64 Å². The number of carbonyl (C=O) groups excluding carboxylic acids is 2. The second-order valence-electron chi connectivity index (χ2n) is 4.81. The molecule has 1 heterocycles. The zero-order chi connectivity index (χ0) is 14.0. The minimum absolute atomic E-state index is 0.391. The fraction of sp³-hybridized carbons (Fsp3) is 0.467. The van der Waals surface area contributed by atoms with E-state index in [-0.39, 0.29) is 0 Å². The highest BCUT2D eigenvalue weighted by molar-refractivity contribution is 6.52.